The standard InChI is InChI=1S/C10H11N5O2/c1-6-5-8(15-14-6)13-10-11-4-3-7(12-10)9(16)17-2/h3-5H,1-2H3,(H2,11,12,13,14,15). The Bertz CT molecular complexity index is 537. The van der Waals surface area contributed by atoms with Gasteiger partial charge in [0.15, 0.2) is 11.5 Å². The average molecular weight is 233 g/mol. The van der Waals surface area contributed by atoms with E-state index >= 15 is 0 Å². The van der Waals surface area contributed by atoms with Crippen molar-refractivity contribution in [3.63, 3.8) is 0 Å². The Morgan fingerprint density at radius 3 is 3.00 bits per heavy atom. The fourth-order valence-corrected chi connectivity index (χ4v) is 1.23. The van der Waals surface area contributed by atoms with E-state index in [0.717, 1.165) is 5.69 Å². The van der Waals surface area contributed by atoms with E-state index in [2.05, 4.69) is 30.2 Å². The molecule has 2 N–H and O–H groups in total. The topological polar surface area (TPSA) is 92.8 Å². The molecular weight excluding hydrogens is 222 g/mol. The minimum absolute atomic E-state index is 0.192. The second kappa shape index (κ2) is 4.60. The van der Waals surface area contributed by atoms with Gasteiger partial charge in [-0.05, 0) is 13.0 Å². The van der Waals surface area contributed by atoms with Gasteiger partial charge in [-0.1, -0.05) is 0 Å². The number of anilines is 2. The van der Waals surface area contributed by atoms with Crippen LogP contribution in [0.15, 0.2) is 18.3 Å². The Labute approximate surface area is 97.2 Å². The summed E-state index contributed by atoms with van der Waals surface area (Å²) >= 11 is 0. The first kappa shape index (κ1) is 11.1. The lowest BCUT2D eigenvalue weighted by Gasteiger charge is -2.02. The third kappa shape index (κ3) is 2.57. The molecule has 0 spiro atoms. The van der Waals surface area contributed by atoms with Crippen LogP contribution < -0.4 is 5.32 Å². The van der Waals surface area contributed by atoms with E-state index in [-0.39, 0.29) is 5.69 Å². The number of hydrogen-bond acceptors (Lipinski definition) is 6. The van der Waals surface area contributed by atoms with Crippen molar-refractivity contribution in [1.82, 2.24) is 20.2 Å². The van der Waals surface area contributed by atoms with Crippen molar-refractivity contribution in [3.05, 3.63) is 29.7 Å². The van der Waals surface area contributed by atoms with E-state index in [1.54, 1.807) is 6.07 Å². The van der Waals surface area contributed by atoms with E-state index in [9.17, 15) is 4.79 Å². The molecule has 2 heterocycles. The van der Waals surface area contributed by atoms with Crippen molar-refractivity contribution in [2.24, 2.45) is 0 Å². The van der Waals surface area contributed by atoms with Crippen molar-refractivity contribution >= 4 is 17.7 Å². The Balaban J connectivity index is 2.19. The van der Waals surface area contributed by atoms with Crippen LogP contribution in [0.5, 0.6) is 0 Å². The number of aromatic nitrogens is 4. The number of rotatable bonds is 3. The van der Waals surface area contributed by atoms with Gasteiger partial charge in [0, 0.05) is 18.0 Å². The maximum atomic E-state index is 11.3. The molecule has 0 fully saturated rings. The number of esters is 1. The molecule has 0 radical (unpaired) electrons. The van der Waals surface area contributed by atoms with Crippen LogP contribution in [-0.4, -0.2) is 33.2 Å². The van der Waals surface area contributed by atoms with Gasteiger partial charge >= 0.3 is 5.97 Å². The van der Waals surface area contributed by atoms with E-state index in [4.69, 9.17) is 0 Å². The maximum absolute atomic E-state index is 11.3. The minimum Gasteiger partial charge on any atom is -0.464 e. The van der Waals surface area contributed by atoms with Crippen LogP contribution in [0.4, 0.5) is 11.8 Å². The third-order valence-corrected chi connectivity index (χ3v) is 2.00. The van der Waals surface area contributed by atoms with Gasteiger partial charge in [-0.25, -0.2) is 14.8 Å². The van der Waals surface area contributed by atoms with Gasteiger partial charge in [-0.3, -0.25) is 5.10 Å². The maximum Gasteiger partial charge on any atom is 0.356 e. The van der Waals surface area contributed by atoms with Crippen LogP contribution in [0.2, 0.25) is 0 Å². The van der Waals surface area contributed by atoms with Gasteiger partial charge in [0.25, 0.3) is 0 Å². The second-order valence-electron chi connectivity index (χ2n) is 3.32. The summed E-state index contributed by atoms with van der Waals surface area (Å²) in [6.45, 7) is 1.88. The Hall–Kier alpha value is -2.44. The predicted octanol–water partition coefficient (Wildman–Crippen LogP) is 1.04. The highest BCUT2D eigenvalue weighted by atomic mass is 16.5. The molecule has 2 aromatic heterocycles. The molecule has 0 aliphatic heterocycles. The summed E-state index contributed by atoms with van der Waals surface area (Å²) in [5.74, 6) is 0.373. The van der Waals surface area contributed by atoms with Crippen LogP contribution >= 0.6 is 0 Å². The fraction of sp³-hybridized carbons (Fsp3) is 0.200. The van der Waals surface area contributed by atoms with Gasteiger partial charge < -0.3 is 10.1 Å². The first-order chi connectivity index (χ1) is 8.19. The van der Waals surface area contributed by atoms with E-state index < -0.39 is 5.97 Å². The molecule has 0 bridgehead atoms. The van der Waals surface area contributed by atoms with E-state index in [0.29, 0.717) is 11.8 Å². The molecule has 0 saturated carbocycles. The molecular formula is C10H11N5O2. The second-order valence-corrected chi connectivity index (χ2v) is 3.32. The van der Waals surface area contributed by atoms with Crippen LogP contribution in [0.3, 0.4) is 0 Å². The van der Waals surface area contributed by atoms with Gasteiger partial charge in [0.1, 0.15) is 0 Å². The number of ether oxygens (including phenoxy) is 1. The highest BCUT2D eigenvalue weighted by Gasteiger charge is 2.09. The molecule has 2 aromatic rings. The lowest BCUT2D eigenvalue weighted by Crippen LogP contribution is -2.07. The number of aromatic amines is 1. The number of aryl methyl sites for hydroxylation is 1. The first-order valence-corrected chi connectivity index (χ1v) is 4.89. The number of hydrogen-bond donors (Lipinski definition) is 2. The van der Waals surface area contributed by atoms with E-state index in [1.807, 2.05) is 6.92 Å². The highest BCUT2D eigenvalue weighted by Crippen LogP contribution is 2.10. The molecule has 88 valence electrons. The molecule has 0 aliphatic rings. The average Bonchev–Trinajstić information content (AvgIpc) is 2.74. The van der Waals surface area contributed by atoms with Gasteiger partial charge in [-0.15, -0.1) is 0 Å². The lowest BCUT2D eigenvalue weighted by molar-refractivity contribution is 0.0594. The van der Waals surface area contributed by atoms with Crippen molar-refractivity contribution in [3.8, 4) is 0 Å². The quantitative estimate of drug-likeness (QED) is 0.769. The third-order valence-electron chi connectivity index (χ3n) is 2.00. The van der Waals surface area contributed by atoms with E-state index in [1.165, 1.54) is 19.4 Å². The molecule has 2 rings (SSSR count). The van der Waals surface area contributed by atoms with Crippen molar-refractivity contribution in [2.75, 3.05) is 12.4 Å². The van der Waals surface area contributed by atoms with Crippen molar-refractivity contribution in [2.45, 2.75) is 6.92 Å². The molecule has 0 saturated heterocycles. The molecule has 17 heavy (non-hydrogen) atoms. The van der Waals surface area contributed by atoms with Crippen LogP contribution in [0.1, 0.15) is 16.2 Å². The van der Waals surface area contributed by atoms with Crippen LogP contribution in [0, 0.1) is 6.92 Å². The molecule has 0 aromatic carbocycles. The molecule has 0 amide bonds. The fourth-order valence-electron chi connectivity index (χ4n) is 1.23. The lowest BCUT2D eigenvalue weighted by atomic mass is 10.4. The minimum atomic E-state index is -0.506. The van der Waals surface area contributed by atoms with Crippen LogP contribution in [-0.2, 0) is 4.74 Å². The zero-order valence-corrected chi connectivity index (χ0v) is 9.39. The number of carbonyl (C=O) groups is 1. The number of nitrogens with zero attached hydrogens (tertiary/aromatic N) is 3. The van der Waals surface area contributed by atoms with Gasteiger partial charge in [0.2, 0.25) is 5.95 Å². The first-order valence-electron chi connectivity index (χ1n) is 4.89. The summed E-state index contributed by atoms with van der Waals surface area (Å²) < 4.78 is 4.57. The van der Waals surface area contributed by atoms with Crippen molar-refractivity contribution in [1.29, 1.82) is 0 Å². The molecule has 0 unspecified atom stereocenters. The normalized spacial score (nSPS) is 10.0. The van der Waals surface area contributed by atoms with Crippen LogP contribution in [0.25, 0.3) is 0 Å². The summed E-state index contributed by atoms with van der Waals surface area (Å²) in [7, 11) is 1.30. The largest absolute Gasteiger partial charge is 0.464 e. The number of carbonyl (C=O) groups excluding carboxylic acids is 1. The smallest absolute Gasteiger partial charge is 0.356 e. The Morgan fingerprint density at radius 1 is 1.53 bits per heavy atom. The zero-order chi connectivity index (χ0) is 12.3. The molecule has 0 atom stereocenters. The SMILES string of the molecule is COC(=O)c1ccnc(Nc2cc(C)[nH]n2)n1. The molecule has 7 nitrogen and oxygen atoms in total. The zero-order valence-electron chi connectivity index (χ0n) is 9.39. The number of nitrogens with one attached hydrogen (secondary N) is 2. The molecule has 7 heteroatoms. The summed E-state index contributed by atoms with van der Waals surface area (Å²) in [5.41, 5.74) is 1.11. The Morgan fingerprint density at radius 2 is 2.35 bits per heavy atom. The summed E-state index contributed by atoms with van der Waals surface area (Å²) in [6, 6.07) is 3.28. The highest BCUT2D eigenvalue weighted by molar-refractivity contribution is 5.87. The van der Waals surface area contributed by atoms with Gasteiger partial charge in [-0.2, -0.15) is 5.10 Å². The monoisotopic (exact) mass is 233 g/mol. The summed E-state index contributed by atoms with van der Waals surface area (Å²) in [6.07, 6.45) is 1.47. The van der Waals surface area contributed by atoms with Crippen molar-refractivity contribution < 1.29 is 9.53 Å². The summed E-state index contributed by atoms with van der Waals surface area (Å²) in [4.78, 5) is 19.2. The number of methoxy groups -OCH3 is 1. The van der Waals surface area contributed by atoms with Gasteiger partial charge in [0.05, 0.1) is 7.11 Å². The Kier molecular flexibility index (Phi) is 2.99. The number of H-pyrrole nitrogens is 1. The molecule has 0 aliphatic carbocycles. The summed E-state index contributed by atoms with van der Waals surface area (Å²) in [5, 5.41) is 9.62. The predicted molar refractivity (Wildman–Crippen MR) is 60.0 cm³/mol.